The first kappa shape index (κ1) is 17.1. The van der Waals surface area contributed by atoms with Gasteiger partial charge in [0.15, 0.2) is 17.0 Å². The molecule has 136 valence electrons. The number of halogens is 1. The van der Waals surface area contributed by atoms with Gasteiger partial charge in [-0.2, -0.15) is 9.97 Å². The van der Waals surface area contributed by atoms with Crippen LogP contribution in [0, 0.1) is 0 Å². The van der Waals surface area contributed by atoms with E-state index in [9.17, 15) is 15.3 Å². The van der Waals surface area contributed by atoms with E-state index in [1.54, 1.807) is 0 Å². The molecule has 0 saturated carbocycles. The highest BCUT2D eigenvalue weighted by Crippen LogP contribution is 2.32. The van der Waals surface area contributed by atoms with Crippen molar-refractivity contribution in [3.8, 4) is 0 Å². The van der Waals surface area contributed by atoms with E-state index in [-0.39, 0.29) is 11.1 Å². The van der Waals surface area contributed by atoms with Gasteiger partial charge in [0.2, 0.25) is 5.95 Å². The molecule has 0 amide bonds. The largest absolute Gasteiger partial charge is 0.394 e. The van der Waals surface area contributed by atoms with E-state index < -0.39 is 31.1 Å². The van der Waals surface area contributed by atoms with Gasteiger partial charge in [0.05, 0.1) is 12.9 Å². The molecule has 3 heterocycles. The molecule has 4 atom stereocenters. The lowest BCUT2D eigenvalue weighted by atomic mass is 10.1. The van der Waals surface area contributed by atoms with Crippen LogP contribution in [-0.4, -0.2) is 59.8 Å². The van der Waals surface area contributed by atoms with Crippen LogP contribution in [0.1, 0.15) is 6.23 Å². The van der Waals surface area contributed by atoms with E-state index in [0.717, 1.165) is 5.69 Å². The number of anilines is 2. The Labute approximate surface area is 152 Å². The van der Waals surface area contributed by atoms with E-state index in [1.165, 1.54) is 10.9 Å². The maximum atomic E-state index is 10.2. The minimum atomic E-state index is -1.25. The monoisotopic (exact) mass is 377 g/mol. The fourth-order valence-corrected chi connectivity index (χ4v) is 3.10. The Balaban J connectivity index is 1.73. The standard InChI is InChI=1S/C16H16ClN5O4/c17-13-10-14(21-16(20-13)19-8-4-2-1-3-5-8)22(7-18-10)15-12(25)11(24)9(6-23)26-15/h1-5,7,9,11-12,15,23-25H,6H2,(H,19,20,21)/t9-,11+,12+,15-/m1/s1. The Morgan fingerprint density at radius 1 is 1.15 bits per heavy atom. The van der Waals surface area contributed by atoms with Crippen molar-refractivity contribution in [3.63, 3.8) is 0 Å². The second kappa shape index (κ2) is 6.78. The van der Waals surface area contributed by atoms with Gasteiger partial charge < -0.3 is 25.4 Å². The molecule has 10 heteroatoms. The van der Waals surface area contributed by atoms with Crippen molar-refractivity contribution in [2.45, 2.75) is 24.5 Å². The van der Waals surface area contributed by atoms with Crippen LogP contribution in [-0.2, 0) is 4.74 Å². The van der Waals surface area contributed by atoms with Gasteiger partial charge in [-0.15, -0.1) is 0 Å². The summed E-state index contributed by atoms with van der Waals surface area (Å²) in [5.74, 6) is 0.252. The SMILES string of the molecule is OC[C@H]1O[C@@H](n2cnc3c(Cl)nc(Nc4ccccc4)nc32)[C@@H](O)[C@H]1O. The lowest BCUT2D eigenvalue weighted by Crippen LogP contribution is -2.33. The second-order valence-corrected chi connectivity index (χ2v) is 6.24. The number of aliphatic hydroxyl groups excluding tert-OH is 3. The van der Waals surface area contributed by atoms with Crippen LogP contribution in [0.15, 0.2) is 36.7 Å². The summed E-state index contributed by atoms with van der Waals surface area (Å²) in [5.41, 5.74) is 1.45. The molecule has 0 aliphatic carbocycles. The number of ether oxygens (including phenoxy) is 1. The molecule has 1 saturated heterocycles. The maximum absolute atomic E-state index is 10.2. The Hall–Kier alpha value is -2.30. The van der Waals surface area contributed by atoms with Gasteiger partial charge in [0, 0.05) is 5.69 Å². The van der Waals surface area contributed by atoms with E-state index in [1.807, 2.05) is 30.3 Å². The number of hydrogen-bond acceptors (Lipinski definition) is 8. The zero-order chi connectivity index (χ0) is 18.3. The third-order valence-electron chi connectivity index (χ3n) is 4.20. The van der Waals surface area contributed by atoms with Crippen molar-refractivity contribution in [2.75, 3.05) is 11.9 Å². The van der Waals surface area contributed by atoms with Crippen LogP contribution in [0.3, 0.4) is 0 Å². The minimum absolute atomic E-state index is 0.138. The Morgan fingerprint density at radius 3 is 2.62 bits per heavy atom. The minimum Gasteiger partial charge on any atom is -0.394 e. The highest BCUT2D eigenvalue weighted by Gasteiger charge is 2.44. The first-order chi connectivity index (χ1) is 12.6. The van der Waals surface area contributed by atoms with Crippen molar-refractivity contribution in [1.82, 2.24) is 19.5 Å². The molecule has 9 nitrogen and oxygen atoms in total. The summed E-state index contributed by atoms with van der Waals surface area (Å²) >= 11 is 6.21. The van der Waals surface area contributed by atoms with E-state index in [2.05, 4.69) is 20.3 Å². The highest BCUT2D eigenvalue weighted by molar-refractivity contribution is 6.33. The number of para-hydroxylation sites is 1. The average Bonchev–Trinajstić information content (AvgIpc) is 3.18. The van der Waals surface area contributed by atoms with Gasteiger partial charge in [0.25, 0.3) is 0 Å². The normalized spacial score (nSPS) is 25.7. The number of fused-ring (bicyclic) bond motifs is 1. The topological polar surface area (TPSA) is 126 Å². The van der Waals surface area contributed by atoms with Crippen LogP contribution in [0.4, 0.5) is 11.6 Å². The van der Waals surface area contributed by atoms with Crippen molar-refractivity contribution < 1.29 is 20.1 Å². The molecule has 4 rings (SSSR count). The molecule has 4 N–H and O–H groups in total. The molecule has 3 aromatic rings. The van der Waals surface area contributed by atoms with Gasteiger partial charge in [-0.3, -0.25) is 4.57 Å². The molecule has 26 heavy (non-hydrogen) atoms. The molecule has 1 aromatic carbocycles. The number of rotatable bonds is 4. The van der Waals surface area contributed by atoms with Crippen LogP contribution in [0.25, 0.3) is 11.2 Å². The van der Waals surface area contributed by atoms with Crippen LogP contribution in [0.5, 0.6) is 0 Å². The van der Waals surface area contributed by atoms with Gasteiger partial charge in [-0.25, -0.2) is 4.98 Å². The molecule has 0 unspecified atom stereocenters. The van der Waals surface area contributed by atoms with E-state index >= 15 is 0 Å². The zero-order valence-corrected chi connectivity index (χ0v) is 14.2. The number of aromatic nitrogens is 4. The average molecular weight is 378 g/mol. The molecule has 1 aliphatic rings. The maximum Gasteiger partial charge on any atom is 0.230 e. The van der Waals surface area contributed by atoms with Crippen molar-refractivity contribution in [1.29, 1.82) is 0 Å². The summed E-state index contributed by atoms with van der Waals surface area (Å²) in [4.78, 5) is 12.7. The van der Waals surface area contributed by atoms with Crippen molar-refractivity contribution >= 4 is 34.4 Å². The predicted octanol–water partition coefficient (Wildman–Crippen LogP) is 0.835. The van der Waals surface area contributed by atoms with Gasteiger partial charge in [0.1, 0.15) is 23.8 Å². The lowest BCUT2D eigenvalue weighted by Gasteiger charge is -2.16. The molecular weight excluding hydrogens is 362 g/mol. The number of benzene rings is 1. The quantitative estimate of drug-likeness (QED) is 0.493. The summed E-state index contributed by atoms with van der Waals surface area (Å²) in [6.07, 6.45) is -2.92. The lowest BCUT2D eigenvalue weighted by molar-refractivity contribution is -0.0511. The Bertz CT molecular complexity index is 922. The summed E-state index contributed by atoms with van der Waals surface area (Å²) in [7, 11) is 0. The second-order valence-electron chi connectivity index (χ2n) is 5.88. The molecule has 0 bridgehead atoms. The van der Waals surface area contributed by atoms with E-state index in [0.29, 0.717) is 11.2 Å². The van der Waals surface area contributed by atoms with Crippen LogP contribution in [0.2, 0.25) is 5.15 Å². The van der Waals surface area contributed by atoms with Crippen molar-refractivity contribution in [3.05, 3.63) is 41.8 Å². The van der Waals surface area contributed by atoms with Crippen LogP contribution >= 0.6 is 11.6 Å². The van der Waals surface area contributed by atoms with Crippen LogP contribution < -0.4 is 5.32 Å². The number of nitrogens with zero attached hydrogens (tertiary/aromatic N) is 4. The van der Waals surface area contributed by atoms with Gasteiger partial charge in [-0.05, 0) is 12.1 Å². The molecule has 2 aromatic heterocycles. The zero-order valence-electron chi connectivity index (χ0n) is 13.4. The number of aliphatic hydroxyl groups is 3. The van der Waals surface area contributed by atoms with Gasteiger partial charge >= 0.3 is 0 Å². The molecule has 1 fully saturated rings. The van der Waals surface area contributed by atoms with Gasteiger partial charge in [-0.1, -0.05) is 29.8 Å². The third kappa shape index (κ3) is 2.89. The number of imidazole rings is 1. The summed E-state index contributed by atoms with van der Waals surface area (Å²) in [6.45, 7) is -0.419. The van der Waals surface area contributed by atoms with E-state index in [4.69, 9.17) is 16.3 Å². The molecule has 0 spiro atoms. The predicted molar refractivity (Wildman–Crippen MR) is 93.1 cm³/mol. The third-order valence-corrected chi connectivity index (χ3v) is 4.46. The summed E-state index contributed by atoms with van der Waals surface area (Å²) < 4.78 is 7.00. The Kier molecular flexibility index (Phi) is 4.47. The number of hydrogen-bond donors (Lipinski definition) is 4. The highest BCUT2D eigenvalue weighted by atomic mass is 35.5. The molecule has 1 aliphatic heterocycles. The summed E-state index contributed by atoms with van der Waals surface area (Å²) in [6, 6.07) is 9.33. The molecular formula is C16H16ClN5O4. The fourth-order valence-electron chi connectivity index (χ4n) is 2.88. The first-order valence-corrected chi connectivity index (χ1v) is 8.31. The van der Waals surface area contributed by atoms with Crippen molar-refractivity contribution in [2.24, 2.45) is 0 Å². The molecule has 0 radical (unpaired) electrons. The smallest absolute Gasteiger partial charge is 0.230 e. The first-order valence-electron chi connectivity index (χ1n) is 7.93. The Morgan fingerprint density at radius 2 is 1.92 bits per heavy atom. The number of nitrogens with one attached hydrogen (secondary N) is 1. The summed E-state index contributed by atoms with van der Waals surface area (Å²) in [5, 5.41) is 32.6. The fraction of sp³-hybridized carbons (Fsp3) is 0.312.